The second kappa shape index (κ2) is 11.1. The number of carbonyl (C=O) groups is 2. The van der Waals surface area contributed by atoms with Crippen molar-refractivity contribution in [2.75, 3.05) is 35.8 Å². The van der Waals surface area contributed by atoms with Crippen LogP contribution in [0.15, 0.2) is 48.5 Å². The molecule has 35 heavy (non-hydrogen) atoms. The molecule has 0 spiro atoms. The van der Waals surface area contributed by atoms with Crippen LogP contribution >= 0.6 is 0 Å². The molecule has 8 nitrogen and oxygen atoms in total. The molecule has 1 aliphatic carbocycles. The van der Waals surface area contributed by atoms with E-state index in [1.54, 1.807) is 55.6 Å². The first-order valence-corrected chi connectivity index (χ1v) is 14.0. The van der Waals surface area contributed by atoms with Crippen LogP contribution < -0.4 is 15.4 Å². The van der Waals surface area contributed by atoms with Crippen LogP contribution in [0.1, 0.15) is 48.9 Å². The number of rotatable bonds is 8. The first-order chi connectivity index (χ1) is 16.8. The van der Waals surface area contributed by atoms with E-state index in [9.17, 15) is 18.0 Å². The molecule has 0 bridgehead atoms. The highest BCUT2D eigenvalue weighted by Gasteiger charge is 2.38. The van der Waals surface area contributed by atoms with Gasteiger partial charge in [0, 0.05) is 29.0 Å². The fourth-order valence-electron chi connectivity index (χ4n) is 4.95. The number of hydrogen-bond donors (Lipinski definition) is 2. The third kappa shape index (κ3) is 6.54. The zero-order valence-corrected chi connectivity index (χ0v) is 20.9. The lowest BCUT2D eigenvalue weighted by molar-refractivity contribution is -0.134. The van der Waals surface area contributed by atoms with Crippen molar-refractivity contribution < 1.29 is 22.7 Å². The van der Waals surface area contributed by atoms with Crippen molar-refractivity contribution >= 4 is 33.0 Å². The van der Waals surface area contributed by atoms with Crippen molar-refractivity contribution in [2.24, 2.45) is 0 Å². The average molecular weight is 500 g/mol. The van der Waals surface area contributed by atoms with Crippen LogP contribution in [0, 0.1) is 0 Å². The summed E-state index contributed by atoms with van der Waals surface area (Å²) < 4.78 is 29.3. The maximum Gasteiger partial charge on any atom is 0.255 e. The third-order valence-electron chi connectivity index (χ3n) is 6.80. The molecular formula is C26H33N3O5S. The van der Waals surface area contributed by atoms with Crippen molar-refractivity contribution in [3.63, 3.8) is 0 Å². The van der Waals surface area contributed by atoms with Gasteiger partial charge in [-0.05, 0) is 67.8 Å². The quantitative estimate of drug-likeness (QED) is 0.574. The lowest BCUT2D eigenvalue weighted by Crippen LogP contribution is -2.50. The lowest BCUT2D eigenvalue weighted by Gasteiger charge is -2.38. The normalized spacial score (nSPS) is 19.6. The fourth-order valence-corrected chi connectivity index (χ4v) is 6.66. The van der Waals surface area contributed by atoms with Crippen LogP contribution in [-0.2, 0) is 14.6 Å². The van der Waals surface area contributed by atoms with Gasteiger partial charge in [0.2, 0.25) is 5.91 Å². The second-order valence-electron chi connectivity index (χ2n) is 9.26. The number of amides is 2. The number of methoxy groups -OCH3 is 1. The lowest BCUT2D eigenvalue weighted by atomic mass is 9.93. The summed E-state index contributed by atoms with van der Waals surface area (Å²) in [6.07, 6.45) is 5.68. The number of carbonyl (C=O) groups excluding carboxylic acids is 2. The van der Waals surface area contributed by atoms with E-state index in [2.05, 4.69) is 10.6 Å². The van der Waals surface area contributed by atoms with E-state index in [1.165, 1.54) is 0 Å². The van der Waals surface area contributed by atoms with Gasteiger partial charge in [-0.2, -0.15) is 0 Å². The van der Waals surface area contributed by atoms with Crippen LogP contribution in [0.4, 0.5) is 11.4 Å². The number of ether oxygens (including phenoxy) is 1. The van der Waals surface area contributed by atoms with E-state index in [-0.39, 0.29) is 41.9 Å². The van der Waals surface area contributed by atoms with Crippen LogP contribution in [-0.4, -0.2) is 62.4 Å². The molecule has 1 saturated heterocycles. The maximum absolute atomic E-state index is 13.2. The molecule has 1 saturated carbocycles. The Kier molecular flexibility index (Phi) is 7.95. The third-order valence-corrected chi connectivity index (χ3v) is 8.55. The number of hydrogen-bond acceptors (Lipinski definition) is 6. The number of anilines is 2. The minimum Gasteiger partial charge on any atom is -0.497 e. The summed E-state index contributed by atoms with van der Waals surface area (Å²) in [6, 6.07) is 13.9. The minimum absolute atomic E-state index is 0.0627. The van der Waals surface area contributed by atoms with E-state index >= 15 is 0 Å². The highest BCUT2D eigenvalue weighted by Crippen LogP contribution is 2.28. The minimum atomic E-state index is -3.08. The van der Waals surface area contributed by atoms with Gasteiger partial charge in [0.1, 0.15) is 5.75 Å². The Labute approximate surface area is 207 Å². The number of benzene rings is 2. The predicted molar refractivity (Wildman–Crippen MR) is 137 cm³/mol. The van der Waals surface area contributed by atoms with Gasteiger partial charge in [-0.1, -0.05) is 19.3 Å². The molecule has 1 unspecified atom stereocenters. The van der Waals surface area contributed by atoms with E-state index < -0.39 is 9.84 Å². The number of nitrogens with one attached hydrogen (secondary N) is 2. The van der Waals surface area contributed by atoms with Gasteiger partial charge in [0.15, 0.2) is 9.84 Å². The summed E-state index contributed by atoms with van der Waals surface area (Å²) in [6.45, 7) is 0.0877. The van der Waals surface area contributed by atoms with E-state index in [4.69, 9.17) is 4.74 Å². The molecule has 2 fully saturated rings. The van der Waals surface area contributed by atoms with Gasteiger partial charge in [0.05, 0.1) is 25.2 Å². The Morgan fingerprint density at radius 2 is 1.57 bits per heavy atom. The fraction of sp³-hybridized carbons (Fsp3) is 0.462. The van der Waals surface area contributed by atoms with Crippen LogP contribution in [0.5, 0.6) is 5.75 Å². The number of nitrogens with zero attached hydrogens (tertiary/aromatic N) is 1. The average Bonchev–Trinajstić information content (AvgIpc) is 3.23. The zero-order chi connectivity index (χ0) is 24.8. The molecule has 0 radical (unpaired) electrons. The summed E-state index contributed by atoms with van der Waals surface area (Å²) in [7, 11) is -1.49. The summed E-state index contributed by atoms with van der Waals surface area (Å²) in [5.74, 6) is 0.628. The van der Waals surface area contributed by atoms with Crippen molar-refractivity contribution in [1.82, 2.24) is 4.90 Å². The molecule has 0 aromatic heterocycles. The summed E-state index contributed by atoms with van der Waals surface area (Å²) in [4.78, 5) is 27.6. The van der Waals surface area contributed by atoms with Gasteiger partial charge in [0.25, 0.3) is 5.91 Å². The monoisotopic (exact) mass is 499 g/mol. The Morgan fingerprint density at radius 3 is 2.17 bits per heavy atom. The Hall–Kier alpha value is -3.07. The molecule has 1 atom stereocenters. The zero-order valence-electron chi connectivity index (χ0n) is 20.0. The van der Waals surface area contributed by atoms with Gasteiger partial charge in [-0.15, -0.1) is 0 Å². The predicted octanol–water partition coefficient (Wildman–Crippen LogP) is 3.71. The molecule has 2 aliphatic rings. The first kappa shape index (κ1) is 25.0. The van der Waals surface area contributed by atoms with Gasteiger partial charge < -0.3 is 20.3 Å². The van der Waals surface area contributed by atoms with Crippen molar-refractivity contribution in [1.29, 1.82) is 0 Å². The standard InChI is InChI=1S/C26H33N3O5S/c1-34-24-13-11-21(12-14-24)28-26(31)19-7-9-20(10-8-19)27-17-25(30)29(22-5-3-2-4-6-22)23-15-16-35(32,33)18-23/h7-14,22-23,27H,2-6,15-18H2,1H3,(H,28,31). The topological polar surface area (TPSA) is 105 Å². The second-order valence-corrected chi connectivity index (χ2v) is 11.5. The molecule has 1 aliphatic heterocycles. The van der Waals surface area contributed by atoms with Gasteiger partial charge in [-0.25, -0.2) is 8.42 Å². The molecule has 2 aromatic rings. The molecule has 2 N–H and O–H groups in total. The highest BCUT2D eigenvalue weighted by molar-refractivity contribution is 7.91. The summed E-state index contributed by atoms with van der Waals surface area (Å²) >= 11 is 0. The smallest absolute Gasteiger partial charge is 0.255 e. The maximum atomic E-state index is 13.2. The molecular weight excluding hydrogens is 466 g/mol. The molecule has 4 rings (SSSR count). The Morgan fingerprint density at radius 1 is 0.914 bits per heavy atom. The molecule has 2 amide bonds. The van der Waals surface area contributed by atoms with E-state index in [0.717, 1.165) is 37.8 Å². The SMILES string of the molecule is COc1ccc(NC(=O)c2ccc(NCC(=O)N(C3CCCCC3)C3CCS(=O)(=O)C3)cc2)cc1. The summed E-state index contributed by atoms with van der Waals surface area (Å²) in [5.41, 5.74) is 1.89. The van der Waals surface area contributed by atoms with Crippen molar-refractivity contribution in [2.45, 2.75) is 50.6 Å². The molecule has 1 heterocycles. The van der Waals surface area contributed by atoms with Crippen molar-refractivity contribution in [3.05, 3.63) is 54.1 Å². The first-order valence-electron chi connectivity index (χ1n) is 12.2. The largest absolute Gasteiger partial charge is 0.497 e. The Balaban J connectivity index is 1.35. The van der Waals surface area contributed by atoms with E-state index in [1.807, 2.05) is 4.90 Å². The Bertz CT molecular complexity index is 1130. The van der Waals surface area contributed by atoms with Gasteiger partial charge in [-0.3, -0.25) is 9.59 Å². The highest BCUT2D eigenvalue weighted by atomic mass is 32.2. The van der Waals surface area contributed by atoms with Crippen LogP contribution in [0.25, 0.3) is 0 Å². The molecule has 188 valence electrons. The van der Waals surface area contributed by atoms with Crippen LogP contribution in [0.2, 0.25) is 0 Å². The molecule has 2 aromatic carbocycles. The van der Waals surface area contributed by atoms with Gasteiger partial charge >= 0.3 is 0 Å². The van der Waals surface area contributed by atoms with E-state index in [0.29, 0.717) is 23.4 Å². The number of sulfone groups is 1. The van der Waals surface area contributed by atoms with Crippen LogP contribution in [0.3, 0.4) is 0 Å². The van der Waals surface area contributed by atoms with Crippen molar-refractivity contribution in [3.8, 4) is 5.75 Å². The summed E-state index contributed by atoms with van der Waals surface area (Å²) in [5, 5.41) is 5.99. The molecule has 9 heteroatoms.